The van der Waals surface area contributed by atoms with Crippen molar-refractivity contribution in [3.63, 3.8) is 0 Å². The van der Waals surface area contributed by atoms with Gasteiger partial charge in [-0.15, -0.1) is 5.10 Å². The Kier molecular flexibility index (Phi) is 8.45. The molecule has 1 N–H and O–H groups in total. The third-order valence-electron chi connectivity index (χ3n) is 6.82. The molecule has 0 radical (unpaired) electrons. The summed E-state index contributed by atoms with van der Waals surface area (Å²) in [5.74, 6) is 1.06. The summed E-state index contributed by atoms with van der Waals surface area (Å²) in [5.41, 5.74) is 4.54. The maximum absolute atomic E-state index is 13.1. The van der Waals surface area contributed by atoms with Gasteiger partial charge in [-0.2, -0.15) is 4.68 Å². The van der Waals surface area contributed by atoms with Crippen molar-refractivity contribution in [2.45, 2.75) is 51.0 Å². The van der Waals surface area contributed by atoms with E-state index in [-0.39, 0.29) is 16.4 Å². The summed E-state index contributed by atoms with van der Waals surface area (Å²) in [5, 5.41) is 4.68. The van der Waals surface area contributed by atoms with E-state index in [1.165, 1.54) is 4.68 Å². The lowest BCUT2D eigenvalue weighted by Gasteiger charge is -2.09. The molecule has 9 heteroatoms. The third-order valence-corrected chi connectivity index (χ3v) is 8.19. The van der Waals surface area contributed by atoms with Crippen LogP contribution in [0.1, 0.15) is 36.7 Å². The van der Waals surface area contributed by atoms with E-state index >= 15 is 0 Å². The van der Waals surface area contributed by atoms with E-state index in [0.29, 0.717) is 18.7 Å². The summed E-state index contributed by atoms with van der Waals surface area (Å²) >= 11 is 0. The molecule has 2 aromatic heterocycles. The van der Waals surface area contributed by atoms with Crippen LogP contribution in [0.3, 0.4) is 0 Å². The highest BCUT2D eigenvalue weighted by molar-refractivity contribution is 7.92. The van der Waals surface area contributed by atoms with Crippen molar-refractivity contribution >= 4 is 15.8 Å². The maximum Gasteiger partial charge on any atom is 0.350 e. The van der Waals surface area contributed by atoms with Gasteiger partial charge in [0.05, 0.1) is 16.3 Å². The molecule has 0 fully saturated rings. The third kappa shape index (κ3) is 6.63. The number of aromatic nitrogens is 4. The van der Waals surface area contributed by atoms with Gasteiger partial charge in [-0.05, 0) is 68.1 Å². The van der Waals surface area contributed by atoms with Crippen LogP contribution in [-0.2, 0) is 29.4 Å². The molecule has 2 heterocycles. The number of sulfonamides is 1. The summed E-state index contributed by atoms with van der Waals surface area (Å²) in [6.45, 7) is 4.72. The highest BCUT2D eigenvalue weighted by Gasteiger charge is 2.16. The average Bonchev–Trinajstić information content (AvgIpc) is 3.29. The number of hydrogen-bond donors (Lipinski definition) is 1. The zero-order chi connectivity index (χ0) is 28.8. The fraction of sp³-hybridized carbons (Fsp3) is 0.219. The lowest BCUT2D eigenvalue weighted by molar-refractivity contribution is 0.601. The average molecular weight is 568 g/mol. The van der Waals surface area contributed by atoms with Crippen molar-refractivity contribution in [2.24, 2.45) is 0 Å². The quantitative estimate of drug-likeness (QED) is 0.218. The van der Waals surface area contributed by atoms with Crippen LogP contribution in [0.4, 0.5) is 5.82 Å². The minimum Gasteiger partial charge on any atom is -0.279 e. The van der Waals surface area contributed by atoms with Crippen LogP contribution >= 0.6 is 0 Å². The van der Waals surface area contributed by atoms with E-state index in [1.54, 1.807) is 47.0 Å². The van der Waals surface area contributed by atoms with E-state index in [9.17, 15) is 13.2 Å². The van der Waals surface area contributed by atoms with Gasteiger partial charge in [0.2, 0.25) is 0 Å². The number of hydrogen-bond acceptors (Lipinski definition) is 5. The minimum atomic E-state index is -3.72. The Morgan fingerprint density at radius 2 is 1.56 bits per heavy atom. The van der Waals surface area contributed by atoms with E-state index < -0.39 is 10.0 Å². The van der Waals surface area contributed by atoms with Gasteiger partial charge in [0.25, 0.3) is 10.0 Å². The molecule has 5 aromatic rings. The van der Waals surface area contributed by atoms with Gasteiger partial charge in [-0.25, -0.2) is 18.2 Å². The van der Waals surface area contributed by atoms with Crippen molar-refractivity contribution in [3.8, 4) is 16.9 Å². The Morgan fingerprint density at radius 3 is 2.27 bits per heavy atom. The molecule has 0 saturated carbocycles. The summed E-state index contributed by atoms with van der Waals surface area (Å²) in [7, 11) is -3.72. The van der Waals surface area contributed by atoms with Crippen LogP contribution in [0.5, 0.6) is 0 Å². The Morgan fingerprint density at radius 1 is 0.829 bits per heavy atom. The molecule has 5 rings (SSSR count). The van der Waals surface area contributed by atoms with E-state index in [2.05, 4.69) is 33.9 Å². The molecular weight excluding hydrogens is 534 g/mol. The fourth-order valence-corrected chi connectivity index (χ4v) is 5.69. The van der Waals surface area contributed by atoms with Crippen LogP contribution in [0.2, 0.25) is 0 Å². The first-order valence-electron chi connectivity index (χ1n) is 13.7. The second-order valence-electron chi connectivity index (χ2n) is 9.97. The molecule has 0 bridgehead atoms. The molecule has 0 spiro atoms. The van der Waals surface area contributed by atoms with Gasteiger partial charge in [0.15, 0.2) is 0 Å². The van der Waals surface area contributed by atoms with Gasteiger partial charge in [-0.1, -0.05) is 73.2 Å². The normalized spacial score (nSPS) is 11.5. The lowest BCUT2D eigenvalue weighted by Crippen LogP contribution is -2.24. The van der Waals surface area contributed by atoms with Crippen LogP contribution in [0.15, 0.2) is 107 Å². The van der Waals surface area contributed by atoms with Gasteiger partial charge in [0.1, 0.15) is 11.6 Å². The predicted octanol–water partition coefficient (Wildman–Crippen LogP) is 5.79. The largest absolute Gasteiger partial charge is 0.350 e. The molecule has 0 saturated heterocycles. The van der Waals surface area contributed by atoms with Crippen LogP contribution < -0.4 is 10.4 Å². The standard InChI is InChI=1S/C32H33N5O3S/c1-3-23-36-31(34-37(32(36)38)27-21-15-24(2)16-22-27)14-7-9-25-17-19-26(20-18-25)29-12-8-13-30(33-29)35-41(39,40)28-10-5-4-6-11-28/h4-6,8,10-13,15-22H,3,7,9,14,23H2,1-2H3,(H,33,35). The summed E-state index contributed by atoms with van der Waals surface area (Å²) < 4.78 is 31.2. The highest BCUT2D eigenvalue weighted by atomic mass is 32.2. The van der Waals surface area contributed by atoms with E-state index in [4.69, 9.17) is 0 Å². The van der Waals surface area contributed by atoms with Crippen LogP contribution in [0.25, 0.3) is 16.9 Å². The number of aryl methyl sites for hydroxylation is 3. The second kappa shape index (κ2) is 12.3. The molecule has 0 aliphatic carbocycles. The monoisotopic (exact) mass is 567 g/mol. The van der Waals surface area contributed by atoms with Crippen molar-refractivity contribution in [1.29, 1.82) is 0 Å². The smallest absolute Gasteiger partial charge is 0.279 e. The number of rotatable bonds is 11. The molecular formula is C32H33N5O3S. The first-order chi connectivity index (χ1) is 19.8. The van der Waals surface area contributed by atoms with Crippen molar-refractivity contribution in [2.75, 3.05) is 4.72 Å². The van der Waals surface area contributed by atoms with Crippen LogP contribution in [0, 0.1) is 6.92 Å². The summed E-state index contributed by atoms with van der Waals surface area (Å²) in [6, 6.07) is 29.4. The fourth-order valence-electron chi connectivity index (χ4n) is 4.67. The van der Waals surface area contributed by atoms with E-state index in [1.807, 2.05) is 49.4 Å². The first-order valence-corrected chi connectivity index (χ1v) is 15.2. The molecule has 0 aliphatic heterocycles. The van der Waals surface area contributed by atoms with Gasteiger partial charge >= 0.3 is 5.69 Å². The Labute approximate surface area is 240 Å². The molecule has 8 nitrogen and oxygen atoms in total. The number of benzene rings is 3. The SMILES string of the molecule is CCCn1c(CCCc2ccc(-c3cccc(NS(=O)(=O)c4ccccc4)n3)cc2)nn(-c2ccc(C)cc2)c1=O. The topological polar surface area (TPSA) is 98.9 Å². The second-order valence-corrected chi connectivity index (χ2v) is 11.7. The molecule has 41 heavy (non-hydrogen) atoms. The van der Waals surface area contributed by atoms with Crippen LogP contribution in [-0.4, -0.2) is 27.7 Å². The molecule has 210 valence electrons. The van der Waals surface area contributed by atoms with E-state index in [0.717, 1.165) is 47.5 Å². The Hall–Kier alpha value is -4.50. The molecule has 0 aliphatic rings. The number of nitrogens with one attached hydrogen (secondary N) is 1. The molecule has 0 unspecified atom stereocenters. The molecule has 3 aromatic carbocycles. The van der Waals surface area contributed by atoms with Crippen molar-refractivity contribution in [3.05, 3.63) is 124 Å². The summed E-state index contributed by atoms with van der Waals surface area (Å²) in [6.07, 6.45) is 3.24. The van der Waals surface area contributed by atoms with Gasteiger partial charge in [0, 0.05) is 18.5 Å². The lowest BCUT2D eigenvalue weighted by atomic mass is 10.0. The highest BCUT2D eigenvalue weighted by Crippen LogP contribution is 2.22. The Bertz CT molecular complexity index is 1780. The number of anilines is 1. The Balaban J connectivity index is 1.25. The molecule has 0 atom stereocenters. The zero-order valence-electron chi connectivity index (χ0n) is 23.2. The van der Waals surface area contributed by atoms with Crippen molar-refractivity contribution in [1.82, 2.24) is 19.3 Å². The van der Waals surface area contributed by atoms with Gasteiger partial charge < -0.3 is 0 Å². The number of pyridine rings is 1. The molecule has 0 amide bonds. The predicted molar refractivity (Wildman–Crippen MR) is 162 cm³/mol. The minimum absolute atomic E-state index is 0.101. The first kappa shape index (κ1) is 28.0. The number of nitrogens with zero attached hydrogens (tertiary/aromatic N) is 4. The summed E-state index contributed by atoms with van der Waals surface area (Å²) in [4.78, 5) is 17.8. The van der Waals surface area contributed by atoms with Gasteiger partial charge in [-0.3, -0.25) is 9.29 Å². The maximum atomic E-state index is 13.1. The van der Waals surface area contributed by atoms with Crippen molar-refractivity contribution < 1.29 is 8.42 Å². The zero-order valence-corrected chi connectivity index (χ0v) is 24.0.